The van der Waals surface area contributed by atoms with Gasteiger partial charge in [-0.05, 0) is 38.3 Å². The zero-order valence-electron chi connectivity index (χ0n) is 15.0. The number of unbranched alkanes of at least 4 members (excludes halogenated alkanes) is 2. The van der Waals surface area contributed by atoms with E-state index < -0.39 is 0 Å². The molecule has 0 bridgehead atoms. The quantitative estimate of drug-likeness (QED) is 0.614. The van der Waals surface area contributed by atoms with Crippen LogP contribution in [0.1, 0.15) is 61.6 Å². The molecule has 0 aliphatic carbocycles. The van der Waals surface area contributed by atoms with E-state index in [1.54, 1.807) is 11.3 Å². The Bertz CT molecular complexity index is 503. The lowest BCUT2D eigenvalue weighted by atomic mass is 10.1. The minimum absolute atomic E-state index is 0.168. The number of hydrogen-bond acceptors (Lipinski definition) is 4. The van der Waals surface area contributed by atoms with E-state index in [1.165, 1.54) is 22.6 Å². The summed E-state index contributed by atoms with van der Waals surface area (Å²) < 4.78 is 5.84. The Balaban J connectivity index is 1.70. The molecule has 24 heavy (non-hydrogen) atoms. The minimum Gasteiger partial charge on any atom is -0.393 e. The van der Waals surface area contributed by atoms with Crippen molar-refractivity contribution in [2.75, 3.05) is 13.2 Å². The van der Waals surface area contributed by atoms with Crippen molar-refractivity contribution in [3.63, 3.8) is 0 Å². The van der Waals surface area contributed by atoms with Gasteiger partial charge in [-0.3, -0.25) is 4.79 Å². The maximum atomic E-state index is 12.1. The molecular weight excluding hydrogens is 322 g/mol. The molecule has 0 spiro atoms. The van der Waals surface area contributed by atoms with Crippen molar-refractivity contribution in [1.82, 2.24) is 4.90 Å². The summed E-state index contributed by atoms with van der Waals surface area (Å²) >= 11 is 1.76. The monoisotopic (exact) mass is 353 g/mol. The lowest BCUT2D eigenvalue weighted by Crippen LogP contribution is -2.38. The molecule has 1 saturated heterocycles. The zero-order chi connectivity index (χ0) is 17.4. The highest BCUT2D eigenvalue weighted by Gasteiger charge is 2.30. The van der Waals surface area contributed by atoms with Gasteiger partial charge < -0.3 is 14.7 Å². The Morgan fingerprint density at radius 1 is 1.38 bits per heavy atom. The van der Waals surface area contributed by atoms with E-state index in [0.717, 1.165) is 19.3 Å². The van der Waals surface area contributed by atoms with Gasteiger partial charge in [0, 0.05) is 22.7 Å². The first kappa shape index (κ1) is 19.4. The standard InChI is InChI=1S/C19H31NO3S/c1-3-4-5-6-17(21)11-12-20-16(8-10-19(20)22)13-23-14-18-9-7-15(2)24-18/h7,9,16-17,21H,3-6,8,10-14H2,1-2H3/t16-,17+/m1/s1. The molecule has 0 saturated carbocycles. The number of nitrogens with zero attached hydrogens (tertiary/aromatic N) is 1. The Kier molecular flexibility index (Phi) is 8.22. The van der Waals surface area contributed by atoms with Crippen molar-refractivity contribution in [3.05, 3.63) is 21.9 Å². The maximum absolute atomic E-state index is 12.1. The summed E-state index contributed by atoms with van der Waals surface area (Å²) in [6.45, 7) is 6.12. The molecule has 2 atom stereocenters. The van der Waals surface area contributed by atoms with Crippen LogP contribution in [0.4, 0.5) is 0 Å². The van der Waals surface area contributed by atoms with Crippen molar-refractivity contribution in [2.45, 2.75) is 77.5 Å². The number of aliphatic hydroxyl groups excluding tert-OH is 1. The van der Waals surface area contributed by atoms with Gasteiger partial charge in [-0.2, -0.15) is 0 Å². The van der Waals surface area contributed by atoms with Crippen molar-refractivity contribution in [1.29, 1.82) is 0 Å². The molecule has 2 rings (SSSR count). The number of aryl methyl sites for hydroxylation is 1. The third kappa shape index (κ3) is 6.19. The molecule has 1 fully saturated rings. The first-order valence-electron chi connectivity index (χ1n) is 9.20. The van der Waals surface area contributed by atoms with E-state index in [2.05, 4.69) is 26.0 Å². The lowest BCUT2D eigenvalue weighted by molar-refractivity contribution is -0.130. The summed E-state index contributed by atoms with van der Waals surface area (Å²) in [5.41, 5.74) is 0. The molecule has 1 aliphatic heterocycles. The van der Waals surface area contributed by atoms with Crippen LogP contribution in [0.2, 0.25) is 0 Å². The van der Waals surface area contributed by atoms with Gasteiger partial charge in [0.25, 0.3) is 0 Å². The maximum Gasteiger partial charge on any atom is 0.222 e. The van der Waals surface area contributed by atoms with Gasteiger partial charge >= 0.3 is 0 Å². The van der Waals surface area contributed by atoms with Crippen molar-refractivity contribution in [3.8, 4) is 0 Å². The first-order valence-corrected chi connectivity index (χ1v) is 10.0. The number of rotatable bonds is 11. The fourth-order valence-electron chi connectivity index (χ4n) is 3.19. The second kappa shape index (κ2) is 10.2. The highest BCUT2D eigenvalue weighted by atomic mass is 32.1. The smallest absolute Gasteiger partial charge is 0.222 e. The third-order valence-corrected chi connectivity index (χ3v) is 5.62. The number of thiophene rings is 1. The number of carbonyl (C=O) groups excluding carboxylic acids is 1. The van der Waals surface area contributed by atoms with Crippen LogP contribution in [0.25, 0.3) is 0 Å². The number of likely N-dealkylation sites (tertiary alicyclic amines) is 1. The van der Waals surface area contributed by atoms with Crippen LogP contribution in [-0.4, -0.2) is 41.2 Å². The summed E-state index contributed by atoms with van der Waals surface area (Å²) in [4.78, 5) is 16.5. The van der Waals surface area contributed by atoms with Crippen LogP contribution in [-0.2, 0) is 16.1 Å². The number of ether oxygens (including phenoxy) is 1. The van der Waals surface area contributed by atoms with E-state index in [4.69, 9.17) is 4.74 Å². The molecule has 0 aromatic carbocycles. The van der Waals surface area contributed by atoms with E-state index in [-0.39, 0.29) is 18.1 Å². The summed E-state index contributed by atoms with van der Waals surface area (Å²) in [7, 11) is 0. The molecule has 1 N–H and O–H groups in total. The molecule has 1 aliphatic rings. The summed E-state index contributed by atoms with van der Waals surface area (Å²) in [6, 6.07) is 4.38. The Labute approximate surface area is 149 Å². The predicted octanol–water partition coefficient (Wildman–Crippen LogP) is 3.90. The molecule has 5 heteroatoms. The molecule has 1 aromatic heterocycles. The number of carbonyl (C=O) groups is 1. The average molecular weight is 354 g/mol. The molecule has 136 valence electrons. The number of hydrogen-bond donors (Lipinski definition) is 1. The second-order valence-electron chi connectivity index (χ2n) is 6.75. The van der Waals surface area contributed by atoms with Crippen molar-refractivity contribution >= 4 is 17.2 Å². The molecule has 2 heterocycles. The summed E-state index contributed by atoms with van der Waals surface area (Å²) in [5, 5.41) is 10.1. The second-order valence-corrected chi connectivity index (χ2v) is 8.12. The van der Waals surface area contributed by atoms with Gasteiger partial charge in [-0.15, -0.1) is 11.3 Å². The van der Waals surface area contributed by atoms with Gasteiger partial charge in [0.1, 0.15) is 0 Å². The van der Waals surface area contributed by atoms with Crippen LogP contribution in [0.5, 0.6) is 0 Å². The topological polar surface area (TPSA) is 49.8 Å². The largest absolute Gasteiger partial charge is 0.393 e. The van der Waals surface area contributed by atoms with Crippen molar-refractivity contribution < 1.29 is 14.6 Å². The van der Waals surface area contributed by atoms with Gasteiger partial charge in [0.05, 0.1) is 25.4 Å². The van der Waals surface area contributed by atoms with Gasteiger partial charge in [-0.25, -0.2) is 0 Å². The van der Waals surface area contributed by atoms with Gasteiger partial charge in [0.2, 0.25) is 5.91 Å². The van der Waals surface area contributed by atoms with E-state index >= 15 is 0 Å². The Morgan fingerprint density at radius 3 is 2.92 bits per heavy atom. The molecule has 1 aromatic rings. The average Bonchev–Trinajstić information content (AvgIpc) is 3.12. The molecular formula is C19H31NO3S. The Morgan fingerprint density at radius 2 is 2.21 bits per heavy atom. The van der Waals surface area contributed by atoms with Crippen LogP contribution >= 0.6 is 11.3 Å². The van der Waals surface area contributed by atoms with Crippen molar-refractivity contribution in [2.24, 2.45) is 0 Å². The van der Waals surface area contributed by atoms with Crippen LogP contribution < -0.4 is 0 Å². The van der Waals surface area contributed by atoms with E-state index in [9.17, 15) is 9.90 Å². The fourth-order valence-corrected chi connectivity index (χ4v) is 4.02. The predicted molar refractivity (Wildman–Crippen MR) is 98.2 cm³/mol. The zero-order valence-corrected chi connectivity index (χ0v) is 15.8. The minimum atomic E-state index is -0.291. The normalized spacial score (nSPS) is 19.2. The third-order valence-electron chi connectivity index (χ3n) is 4.65. The molecule has 0 unspecified atom stereocenters. The summed E-state index contributed by atoms with van der Waals surface area (Å²) in [5.74, 6) is 0.205. The Hall–Kier alpha value is -0.910. The highest BCUT2D eigenvalue weighted by molar-refractivity contribution is 7.11. The molecule has 0 radical (unpaired) electrons. The van der Waals surface area contributed by atoms with Crippen LogP contribution in [0.15, 0.2) is 12.1 Å². The van der Waals surface area contributed by atoms with E-state index in [1.807, 2.05) is 4.90 Å². The summed E-state index contributed by atoms with van der Waals surface area (Å²) in [6.07, 6.45) is 6.11. The van der Waals surface area contributed by atoms with E-state index in [0.29, 0.717) is 32.6 Å². The first-order chi connectivity index (χ1) is 11.6. The lowest BCUT2D eigenvalue weighted by Gasteiger charge is -2.25. The van der Waals surface area contributed by atoms with Gasteiger partial charge in [-0.1, -0.05) is 26.2 Å². The van der Waals surface area contributed by atoms with Gasteiger partial charge in [0.15, 0.2) is 0 Å². The fraction of sp³-hybridized carbons (Fsp3) is 0.737. The van der Waals surface area contributed by atoms with Crippen LogP contribution in [0, 0.1) is 6.92 Å². The van der Waals surface area contributed by atoms with Crippen LogP contribution in [0.3, 0.4) is 0 Å². The number of amides is 1. The SMILES string of the molecule is CCCCC[C@H](O)CCN1C(=O)CC[C@@H]1COCc1ccc(C)s1. The molecule has 4 nitrogen and oxygen atoms in total. The molecule has 1 amide bonds. The highest BCUT2D eigenvalue weighted by Crippen LogP contribution is 2.22. The number of aliphatic hydroxyl groups is 1.